The van der Waals surface area contributed by atoms with Crippen molar-refractivity contribution < 1.29 is 8.83 Å². The van der Waals surface area contributed by atoms with Crippen molar-refractivity contribution in [2.75, 3.05) is 0 Å². The molecule has 0 unspecified atom stereocenters. The number of fused-ring (bicyclic) bond motifs is 12. The quantitative estimate of drug-likeness (QED) is 0.201. The summed E-state index contributed by atoms with van der Waals surface area (Å²) in [6, 6.07) is 51.7. The summed E-state index contributed by atoms with van der Waals surface area (Å²) in [6.45, 7) is 0. The summed E-state index contributed by atoms with van der Waals surface area (Å²) in [4.78, 5) is 0. The van der Waals surface area contributed by atoms with Gasteiger partial charge in [-0.3, -0.25) is 0 Å². The summed E-state index contributed by atoms with van der Waals surface area (Å²) in [5.41, 5.74) is 10.3. The number of benzene rings is 7. The summed E-state index contributed by atoms with van der Waals surface area (Å²) < 4.78 is 17.6. The summed E-state index contributed by atoms with van der Waals surface area (Å²) in [5.74, 6) is 0. The van der Waals surface area contributed by atoms with E-state index >= 15 is 0 Å². The number of hydrogen-bond donors (Lipinski definition) is 0. The van der Waals surface area contributed by atoms with E-state index in [9.17, 15) is 0 Å². The highest BCUT2D eigenvalue weighted by molar-refractivity contribution is 6.19. The van der Waals surface area contributed by atoms with E-state index in [2.05, 4.69) is 130 Å². The van der Waals surface area contributed by atoms with Gasteiger partial charge in [-0.05, 0) is 48.5 Å². The molecule has 214 valence electrons. The van der Waals surface area contributed by atoms with E-state index in [1.165, 1.54) is 21.5 Å². The van der Waals surface area contributed by atoms with Gasteiger partial charge in [0.15, 0.2) is 0 Å². The van der Waals surface area contributed by atoms with Crippen LogP contribution in [0.1, 0.15) is 0 Å². The molecule has 4 aromatic heterocycles. The molecular weight excluding hydrogens is 564 g/mol. The second-order valence-corrected chi connectivity index (χ2v) is 12.1. The van der Waals surface area contributed by atoms with Crippen LogP contribution in [0.25, 0.3) is 98.9 Å². The van der Waals surface area contributed by atoms with Gasteiger partial charge in [-0.1, -0.05) is 84.9 Å². The standard InChI is InChI=1S/C42H24N2O2/c1-5-15-33-25(11-1)29-21-31-27-13-3-9-19-39(27)45-41(31)23-37(29)43(33)35-17-7-8-18-36(35)44-34-16-6-2-12-26(34)30-22-32-28-14-4-10-20-40(28)46-42(32)24-38(30)44/h1-24H. The predicted octanol–water partition coefficient (Wildman–Crippen LogP) is 11.7. The number of rotatable bonds is 2. The Morgan fingerprint density at radius 3 is 1.15 bits per heavy atom. The van der Waals surface area contributed by atoms with Gasteiger partial charge in [0.1, 0.15) is 22.3 Å². The Kier molecular flexibility index (Phi) is 4.55. The molecule has 0 amide bonds. The van der Waals surface area contributed by atoms with Crippen LogP contribution in [0, 0.1) is 0 Å². The lowest BCUT2D eigenvalue weighted by atomic mass is 10.1. The van der Waals surface area contributed by atoms with E-state index in [1.54, 1.807) is 0 Å². The van der Waals surface area contributed by atoms with Crippen LogP contribution in [-0.4, -0.2) is 9.13 Å². The minimum absolute atomic E-state index is 0.888. The molecule has 11 aromatic rings. The second kappa shape index (κ2) is 8.68. The maximum absolute atomic E-state index is 6.40. The monoisotopic (exact) mass is 588 g/mol. The zero-order chi connectivity index (χ0) is 29.9. The first-order chi connectivity index (χ1) is 22.8. The second-order valence-electron chi connectivity index (χ2n) is 12.1. The molecule has 0 spiro atoms. The number of furan rings is 2. The predicted molar refractivity (Wildman–Crippen MR) is 190 cm³/mol. The van der Waals surface area contributed by atoms with E-state index < -0.39 is 0 Å². The lowest BCUT2D eigenvalue weighted by Crippen LogP contribution is -2.03. The molecule has 0 aliphatic rings. The molecule has 4 heterocycles. The van der Waals surface area contributed by atoms with Gasteiger partial charge in [0, 0.05) is 55.2 Å². The Morgan fingerprint density at radius 2 is 0.674 bits per heavy atom. The summed E-state index contributed by atoms with van der Waals surface area (Å²) in [5, 5.41) is 9.38. The van der Waals surface area contributed by atoms with Crippen molar-refractivity contribution in [3.8, 4) is 11.4 Å². The van der Waals surface area contributed by atoms with Crippen molar-refractivity contribution in [3.63, 3.8) is 0 Å². The Morgan fingerprint density at radius 1 is 0.283 bits per heavy atom. The zero-order valence-electron chi connectivity index (χ0n) is 24.6. The molecule has 0 atom stereocenters. The van der Waals surface area contributed by atoms with Crippen LogP contribution in [0.4, 0.5) is 0 Å². The van der Waals surface area contributed by atoms with Crippen molar-refractivity contribution in [1.82, 2.24) is 9.13 Å². The molecule has 0 saturated heterocycles. The molecule has 4 heteroatoms. The highest BCUT2D eigenvalue weighted by atomic mass is 16.3. The van der Waals surface area contributed by atoms with E-state index in [0.717, 1.165) is 77.3 Å². The highest BCUT2D eigenvalue weighted by Gasteiger charge is 2.21. The molecule has 0 radical (unpaired) electrons. The Labute approximate surface area is 261 Å². The lowest BCUT2D eigenvalue weighted by molar-refractivity contribution is 0.669. The molecular formula is C42H24N2O2. The summed E-state index contributed by atoms with van der Waals surface area (Å²) in [7, 11) is 0. The van der Waals surface area contributed by atoms with Crippen molar-refractivity contribution in [2.45, 2.75) is 0 Å². The number of hydrogen-bond acceptors (Lipinski definition) is 2. The fourth-order valence-electron chi connectivity index (χ4n) is 7.74. The first-order valence-corrected chi connectivity index (χ1v) is 15.6. The maximum Gasteiger partial charge on any atom is 0.137 e. The minimum atomic E-state index is 0.888. The van der Waals surface area contributed by atoms with E-state index in [1.807, 2.05) is 24.3 Å². The van der Waals surface area contributed by atoms with Crippen LogP contribution >= 0.6 is 0 Å². The van der Waals surface area contributed by atoms with Crippen LogP contribution in [0.5, 0.6) is 0 Å². The molecule has 0 saturated carbocycles. The van der Waals surface area contributed by atoms with Crippen LogP contribution in [0.15, 0.2) is 154 Å². The van der Waals surface area contributed by atoms with Crippen molar-refractivity contribution in [2.24, 2.45) is 0 Å². The van der Waals surface area contributed by atoms with Crippen molar-refractivity contribution in [1.29, 1.82) is 0 Å². The largest absolute Gasteiger partial charge is 0.456 e. The van der Waals surface area contributed by atoms with Gasteiger partial charge in [-0.2, -0.15) is 0 Å². The normalized spacial score (nSPS) is 12.3. The smallest absolute Gasteiger partial charge is 0.137 e. The van der Waals surface area contributed by atoms with Crippen LogP contribution in [0.3, 0.4) is 0 Å². The Balaban J connectivity index is 1.27. The molecule has 4 nitrogen and oxygen atoms in total. The molecule has 11 rings (SSSR count). The first kappa shape index (κ1) is 24.1. The molecule has 0 fully saturated rings. The van der Waals surface area contributed by atoms with Gasteiger partial charge < -0.3 is 18.0 Å². The SMILES string of the molecule is c1ccc(-n2c3ccccc3c3cc4c(cc32)oc2ccccc24)c(-n2c3ccccc3c3cc4c(cc32)oc2ccccc24)c1. The van der Waals surface area contributed by atoms with E-state index in [-0.39, 0.29) is 0 Å². The third kappa shape index (κ3) is 3.07. The third-order valence-corrected chi connectivity index (χ3v) is 9.71. The van der Waals surface area contributed by atoms with Gasteiger partial charge in [-0.15, -0.1) is 0 Å². The average molecular weight is 589 g/mol. The van der Waals surface area contributed by atoms with E-state index in [4.69, 9.17) is 8.83 Å². The molecule has 7 aromatic carbocycles. The molecule has 46 heavy (non-hydrogen) atoms. The Bertz CT molecular complexity index is 2830. The fraction of sp³-hybridized carbons (Fsp3) is 0. The summed E-state index contributed by atoms with van der Waals surface area (Å²) >= 11 is 0. The third-order valence-electron chi connectivity index (χ3n) is 9.71. The fourth-order valence-corrected chi connectivity index (χ4v) is 7.74. The van der Waals surface area contributed by atoms with E-state index in [0.29, 0.717) is 0 Å². The highest BCUT2D eigenvalue weighted by Crippen LogP contribution is 2.42. The number of para-hydroxylation sites is 6. The van der Waals surface area contributed by atoms with Crippen molar-refractivity contribution >= 4 is 87.5 Å². The average Bonchev–Trinajstić information content (AvgIpc) is 3.83. The number of aromatic nitrogens is 2. The molecule has 0 N–H and O–H groups in total. The zero-order valence-corrected chi connectivity index (χ0v) is 24.6. The van der Waals surface area contributed by atoms with Crippen LogP contribution < -0.4 is 0 Å². The minimum Gasteiger partial charge on any atom is -0.456 e. The molecule has 0 aliphatic heterocycles. The van der Waals surface area contributed by atoms with Crippen LogP contribution in [0.2, 0.25) is 0 Å². The van der Waals surface area contributed by atoms with Crippen molar-refractivity contribution in [3.05, 3.63) is 146 Å². The van der Waals surface area contributed by atoms with Crippen LogP contribution in [-0.2, 0) is 0 Å². The molecule has 0 aliphatic carbocycles. The topological polar surface area (TPSA) is 36.1 Å². The first-order valence-electron chi connectivity index (χ1n) is 15.6. The number of nitrogens with zero attached hydrogens (tertiary/aromatic N) is 2. The van der Waals surface area contributed by atoms with Gasteiger partial charge in [0.2, 0.25) is 0 Å². The summed E-state index contributed by atoms with van der Waals surface area (Å²) in [6.07, 6.45) is 0. The van der Waals surface area contributed by atoms with Gasteiger partial charge in [-0.25, -0.2) is 0 Å². The Hall–Kier alpha value is -6.26. The van der Waals surface area contributed by atoms with Gasteiger partial charge in [0.25, 0.3) is 0 Å². The lowest BCUT2D eigenvalue weighted by Gasteiger charge is -2.16. The molecule has 0 bridgehead atoms. The maximum atomic E-state index is 6.40. The van der Waals surface area contributed by atoms with Gasteiger partial charge in [0.05, 0.1) is 33.4 Å². The van der Waals surface area contributed by atoms with Gasteiger partial charge >= 0.3 is 0 Å².